The molecule has 1 unspecified atom stereocenters. The normalized spacial score (nSPS) is 26.3. The molecule has 2 saturated heterocycles. The molecule has 1 N–H and O–H groups in total. The first-order valence-electron chi connectivity index (χ1n) is 6.56. The van der Waals surface area contributed by atoms with Crippen LogP contribution < -0.4 is 5.32 Å². The van der Waals surface area contributed by atoms with Crippen LogP contribution >= 0.6 is 0 Å². The SMILES string of the molecule is O=C(CNCC1CC(F)(F)C(=O)O1)N1CCCCC1. The molecule has 19 heavy (non-hydrogen) atoms. The summed E-state index contributed by atoms with van der Waals surface area (Å²) in [7, 11) is 0. The van der Waals surface area contributed by atoms with Gasteiger partial charge in [0.25, 0.3) is 0 Å². The second-order valence-corrected chi connectivity index (χ2v) is 5.01. The lowest BCUT2D eigenvalue weighted by molar-refractivity contribution is -0.158. The molecule has 1 amide bonds. The molecule has 0 aromatic rings. The minimum absolute atomic E-state index is 0.0317. The van der Waals surface area contributed by atoms with Crippen molar-refractivity contribution in [3.05, 3.63) is 0 Å². The van der Waals surface area contributed by atoms with Crippen molar-refractivity contribution in [1.29, 1.82) is 0 Å². The van der Waals surface area contributed by atoms with E-state index in [4.69, 9.17) is 0 Å². The van der Waals surface area contributed by atoms with Crippen LogP contribution in [-0.2, 0) is 14.3 Å². The van der Waals surface area contributed by atoms with Crippen molar-refractivity contribution in [2.75, 3.05) is 26.2 Å². The summed E-state index contributed by atoms with van der Waals surface area (Å²) in [6, 6.07) is 0. The van der Waals surface area contributed by atoms with E-state index in [0.29, 0.717) is 0 Å². The van der Waals surface area contributed by atoms with Crippen LogP contribution in [0.25, 0.3) is 0 Å². The van der Waals surface area contributed by atoms with Gasteiger partial charge in [-0.05, 0) is 19.3 Å². The molecule has 0 aliphatic carbocycles. The highest BCUT2D eigenvalue weighted by atomic mass is 19.3. The van der Waals surface area contributed by atoms with Gasteiger partial charge in [-0.1, -0.05) is 0 Å². The number of carbonyl (C=O) groups excluding carboxylic acids is 2. The van der Waals surface area contributed by atoms with E-state index >= 15 is 0 Å². The second-order valence-electron chi connectivity index (χ2n) is 5.01. The molecule has 0 radical (unpaired) electrons. The van der Waals surface area contributed by atoms with Crippen molar-refractivity contribution in [3.63, 3.8) is 0 Å². The van der Waals surface area contributed by atoms with Gasteiger partial charge in [0.15, 0.2) is 0 Å². The zero-order chi connectivity index (χ0) is 13.9. The average Bonchev–Trinajstić information content (AvgIpc) is 2.64. The lowest BCUT2D eigenvalue weighted by Crippen LogP contribution is -2.42. The van der Waals surface area contributed by atoms with Gasteiger partial charge in [-0.25, -0.2) is 4.79 Å². The molecule has 108 valence electrons. The van der Waals surface area contributed by atoms with Crippen LogP contribution in [0.15, 0.2) is 0 Å². The number of hydrogen-bond acceptors (Lipinski definition) is 4. The number of amides is 1. The largest absolute Gasteiger partial charge is 0.456 e. The number of esters is 1. The van der Waals surface area contributed by atoms with Crippen LogP contribution in [0.3, 0.4) is 0 Å². The predicted octanol–water partition coefficient (Wildman–Crippen LogP) is 0.539. The fraction of sp³-hybridized carbons (Fsp3) is 0.833. The third kappa shape index (κ3) is 3.62. The van der Waals surface area contributed by atoms with Gasteiger partial charge in [0.05, 0.1) is 13.0 Å². The first-order valence-corrected chi connectivity index (χ1v) is 6.56. The third-order valence-corrected chi connectivity index (χ3v) is 3.41. The summed E-state index contributed by atoms with van der Waals surface area (Å²) in [5.41, 5.74) is 0. The minimum atomic E-state index is -3.39. The highest BCUT2D eigenvalue weighted by Gasteiger charge is 2.50. The smallest absolute Gasteiger partial charge is 0.377 e. The van der Waals surface area contributed by atoms with E-state index in [9.17, 15) is 18.4 Å². The molecule has 5 nitrogen and oxygen atoms in total. The van der Waals surface area contributed by atoms with Crippen LogP contribution in [-0.4, -0.2) is 55.0 Å². The van der Waals surface area contributed by atoms with Gasteiger partial charge >= 0.3 is 11.9 Å². The number of rotatable bonds is 4. The quantitative estimate of drug-likeness (QED) is 0.761. The summed E-state index contributed by atoms with van der Waals surface area (Å²) in [5.74, 6) is -4.89. The minimum Gasteiger partial charge on any atom is -0.456 e. The van der Waals surface area contributed by atoms with Gasteiger partial charge in [0, 0.05) is 19.6 Å². The van der Waals surface area contributed by atoms with E-state index < -0.39 is 24.4 Å². The van der Waals surface area contributed by atoms with Crippen LogP contribution in [0.4, 0.5) is 8.78 Å². The summed E-state index contributed by atoms with van der Waals surface area (Å²) in [4.78, 5) is 24.3. The first-order chi connectivity index (χ1) is 8.99. The Balaban J connectivity index is 1.67. The average molecular weight is 276 g/mol. The van der Waals surface area contributed by atoms with Gasteiger partial charge in [-0.15, -0.1) is 0 Å². The maximum Gasteiger partial charge on any atom is 0.377 e. The molecule has 0 saturated carbocycles. The molecule has 2 rings (SSSR count). The fourth-order valence-corrected chi connectivity index (χ4v) is 2.36. The first kappa shape index (κ1) is 14.2. The van der Waals surface area contributed by atoms with E-state index in [-0.39, 0.29) is 19.0 Å². The lowest BCUT2D eigenvalue weighted by Gasteiger charge is -2.26. The zero-order valence-electron chi connectivity index (χ0n) is 10.7. The molecule has 0 aromatic heterocycles. The molecule has 1 atom stereocenters. The van der Waals surface area contributed by atoms with Crippen LogP contribution in [0.1, 0.15) is 25.7 Å². The fourth-order valence-electron chi connectivity index (χ4n) is 2.36. The van der Waals surface area contributed by atoms with Crippen LogP contribution in [0.5, 0.6) is 0 Å². The summed E-state index contributed by atoms with van der Waals surface area (Å²) in [5, 5.41) is 2.78. The summed E-state index contributed by atoms with van der Waals surface area (Å²) < 4.78 is 30.3. The van der Waals surface area contributed by atoms with Crippen molar-refractivity contribution >= 4 is 11.9 Å². The van der Waals surface area contributed by atoms with Gasteiger partial charge in [0.1, 0.15) is 6.10 Å². The van der Waals surface area contributed by atoms with Crippen molar-refractivity contribution < 1.29 is 23.1 Å². The van der Waals surface area contributed by atoms with E-state index in [1.165, 1.54) is 0 Å². The molecule has 2 heterocycles. The number of alkyl halides is 2. The Kier molecular flexibility index (Phi) is 4.34. The zero-order valence-corrected chi connectivity index (χ0v) is 10.7. The lowest BCUT2D eigenvalue weighted by atomic mass is 10.1. The molecule has 2 aliphatic heterocycles. The van der Waals surface area contributed by atoms with Crippen LogP contribution in [0, 0.1) is 0 Å². The van der Waals surface area contributed by atoms with E-state index in [1.54, 1.807) is 4.90 Å². The maximum atomic E-state index is 12.9. The number of hydrogen-bond donors (Lipinski definition) is 1. The van der Waals surface area contributed by atoms with Gasteiger partial charge in [-0.3, -0.25) is 4.79 Å². The topological polar surface area (TPSA) is 58.6 Å². The van der Waals surface area contributed by atoms with Gasteiger partial charge in [-0.2, -0.15) is 8.78 Å². The number of cyclic esters (lactones) is 1. The van der Waals surface area contributed by atoms with Gasteiger partial charge < -0.3 is 15.0 Å². The summed E-state index contributed by atoms with van der Waals surface area (Å²) in [6.07, 6.45) is 1.70. The molecular formula is C12H18F2N2O3. The van der Waals surface area contributed by atoms with E-state index in [0.717, 1.165) is 32.4 Å². The highest BCUT2D eigenvalue weighted by Crippen LogP contribution is 2.30. The van der Waals surface area contributed by atoms with Crippen molar-refractivity contribution in [1.82, 2.24) is 10.2 Å². The maximum absolute atomic E-state index is 12.9. The molecule has 0 aromatic carbocycles. The molecule has 0 spiro atoms. The predicted molar refractivity (Wildman–Crippen MR) is 62.7 cm³/mol. The Bertz CT molecular complexity index is 357. The Morgan fingerprint density at radius 2 is 2.05 bits per heavy atom. The van der Waals surface area contributed by atoms with Crippen molar-refractivity contribution in [2.24, 2.45) is 0 Å². The Labute approximate surface area is 110 Å². The van der Waals surface area contributed by atoms with Crippen molar-refractivity contribution in [2.45, 2.75) is 37.7 Å². The molecule has 7 heteroatoms. The Morgan fingerprint density at radius 1 is 1.37 bits per heavy atom. The number of carbonyl (C=O) groups is 2. The van der Waals surface area contributed by atoms with E-state index in [2.05, 4.69) is 10.1 Å². The number of piperidine rings is 1. The van der Waals surface area contributed by atoms with E-state index in [1.807, 2.05) is 0 Å². The number of nitrogens with zero attached hydrogens (tertiary/aromatic N) is 1. The number of halogens is 2. The number of likely N-dealkylation sites (tertiary alicyclic amines) is 1. The number of nitrogens with one attached hydrogen (secondary N) is 1. The summed E-state index contributed by atoms with van der Waals surface area (Å²) >= 11 is 0. The standard InChI is InChI=1S/C12H18F2N2O3/c13-12(14)6-9(19-11(12)18)7-15-8-10(17)16-4-2-1-3-5-16/h9,15H,1-8H2. The molecular weight excluding hydrogens is 258 g/mol. The number of ether oxygens (including phenoxy) is 1. The molecule has 2 aliphatic rings. The van der Waals surface area contributed by atoms with Crippen LogP contribution in [0.2, 0.25) is 0 Å². The Morgan fingerprint density at radius 3 is 2.63 bits per heavy atom. The highest BCUT2D eigenvalue weighted by molar-refractivity contribution is 5.80. The van der Waals surface area contributed by atoms with Gasteiger partial charge in [0.2, 0.25) is 5.91 Å². The monoisotopic (exact) mass is 276 g/mol. The molecule has 0 bridgehead atoms. The second kappa shape index (κ2) is 5.81. The Hall–Kier alpha value is -1.24. The third-order valence-electron chi connectivity index (χ3n) is 3.41. The molecule has 2 fully saturated rings. The summed E-state index contributed by atoms with van der Waals surface area (Å²) in [6.45, 7) is 1.70. The van der Waals surface area contributed by atoms with Crippen molar-refractivity contribution in [3.8, 4) is 0 Å².